The van der Waals surface area contributed by atoms with E-state index in [2.05, 4.69) is 0 Å². The summed E-state index contributed by atoms with van der Waals surface area (Å²) in [5.74, 6) is 0. The summed E-state index contributed by atoms with van der Waals surface area (Å²) >= 11 is 0. The van der Waals surface area contributed by atoms with Crippen molar-refractivity contribution in [1.82, 2.24) is 4.90 Å². The zero-order valence-electron chi connectivity index (χ0n) is 10.2. The minimum atomic E-state index is -3.23. The summed E-state index contributed by atoms with van der Waals surface area (Å²) in [6.45, 7) is 2.57. The molecule has 0 spiro atoms. The minimum absolute atomic E-state index is 0.351. The fourth-order valence-corrected chi connectivity index (χ4v) is 3.00. The SMILES string of the molecule is CS(=O)(=O)c1ccccc1N1CCN(C=O)CC1. The van der Waals surface area contributed by atoms with E-state index >= 15 is 0 Å². The van der Waals surface area contributed by atoms with Gasteiger partial charge >= 0.3 is 0 Å². The van der Waals surface area contributed by atoms with Crippen molar-refractivity contribution in [1.29, 1.82) is 0 Å². The Labute approximate surface area is 107 Å². The first-order chi connectivity index (χ1) is 8.52. The van der Waals surface area contributed by atoms with E-state index in [9.17, 15) is 13.2 Å². The van der Waals surface area contributed by atoms with Crippen molar-refractivity contribution in [2.24, 2.45) is 0 Å². The van der Waals surface area contributed by atoms with E-state index in [1.165, 1.54) is 6.26 Å². The summed E-state index contributed by atoms with van der Waals surface area (Å²) < 4.78 is 23.4. The molecule has 0 aliphatic carbocycles. The molecule has 0 atom stereocenters. The number of carbonyl (C=O) groups is 1. The van der Waals surface area contributed by atoms with Crippen molar-refractivity contribution in [2.45, 2.75) is 4.90 Å². The number of hydrogen-bond donors (Lipinski definition) is 0. The van der Waals surface area contributed by atoms with Gasteiger partial charge in [-0.2, -0.15) is 0 Å². The zero-order valence-corrected chi connectivity index (χ0v) is 11.1. The number of benzene rings is 1. The maximum Gasteiger partial charge on any atom is 0.209 e. The predicted molar refractivity (Wildman–Crippen MR) is 69.4 cm³/mol. The summed E-state index contributed by atoms with van der Waals surface area (Å²) in [5, 5.41) is 0. The average Bonchev–Trinajstić information content (AvgIpc) is 2.38. The predicted octanol–water partition coefficient (Wildman–Crippen LogP) is 0.369. The Hall–Kier alpha value is -1.56. The molecule has 0 radical (unpaired) electrons. The van der Waals surface area contributed by atoms with Crippen LogP contribution in [0, 0.1) is 0 Å². The number of para-hydroxylation sites is 1. The highest BCUT2D eigenvalue weighted by Crippen LogP contribution is 2.25. The van der Waals surface area contributed by atoms with Gasteiger partial charge in [0.25, 0.3) is 0 Å². The number of piperazine rings is 1. The van der Waals surface area contributed by atoms with Crippen LogP contribution in [-0.2, 0) is 14.6 Å². The molecule has 1 fully saturated rings. The van der Waals surface area contributed by atoms with Crippen LogP contribution in [0.4, 0.5) is 5.69 Å². The normalized spacial score (nSPS) is 16.7. The van der Waals surface area contributed by atoms with Crippen molar-refractivity contribution in [3.63, 3.8) is 0 Å². The van der Waals surface area contributed by atoms with Crippen LogP contribution in [0.5, 0.6) is 0 Å². The fraction of sp³-hybridized carbons (Fsp3) is 0.417. The molecular formula is C12H16N2O3S. The molecular weight excluding hydrogens is 252 g/mol. The van der Waals surface area contributed by atoms with Crippen LogP contribution in [0.2, 0.25) is 0 Å². The summed E-state index contributed by atoms with van der Waals surface area (Å²) in [6.07, 6.45) is 2.05. The molecule has 1 amide bonds. The summed E-state index contributed by atoms with van der Waals surface area (Å²) in [4.78, 5) is 14.7. The van der Waals surface area contributed by atoms with Gasteiger partial charge in [0.2, 0.25) is 6.41 Å². The molecule has 1 aromatic rings. The van der Waals surface area contributed by atoms with E-state index < -0.39 is 9.84 Å². The van der Waals surface area contributed by atoms with Gasteiger partial charge in [-0.1, -0.05) is 12.1 Å². The van der Waals surface area contributed by atoms with E-state index in [0.29, 0.717) is 31.1 Å². The average molecular weight is 268 g/mol. The number of sulfone groups is 1. The Morgan fingerprint density at radius 2 is 1.72 bits per heavy atom. The Morgan fingerprint density at radius 1 is 1.11 bits per heavy atom. The number of rotatable bonds is 3. The van der Waals surface area contributed by atoms with Crippen molar-refractivity contribution < 1.29 is 13.2 Å². The van der Waals surface area contributed by atoms with Crippen LogP contribution in [0.3, 0.4) is 0 Å². The Bertz CT molecular complexity index is 534. The third-order valence-electron chi connectivity index (χ3n) is 3.07. The number of anilines is 1. The quantitative estimate of drug-likeness (QED) is 0.743. The molecule has 0 N–H and O–H groups in total. The largest absolute Gasteiger partial charge is 0.367 e. The number of carbonyl (C=O) groups excluding carboxylic acids is 1. The van der Waals surface area contributed by atoms with Crippen LogP contribution in [0.1, 0.15) is 0 Å². The van der Waals surface area contributed by atoms with Crippen LogP contribution in [-0.4, -0.2) is 52.2 Å². The van der Waals surface area contributed by atoms with Gasteiger partial charge in [-0.3, -0.25) is 4.79 Å². The molecule has 1 aliphatic heterocycles. The topological polar surface area (TPSA) is 57.7 Å². The van der Waals surface area contributed by atoms with E-state index in [1.807, 2.05) is 17.0 Å². The van der Waals surface area contributed by atoms with Gasteiger partial charge < -0.3 is 9.80 Å². The molecule has 2 rings (SSSR count). The lowest BCUT2D eigenvalue weighted by atomic mass is 10.2. The molecule has 98 valence electrons. The molecule has 1 saturated heterocycles. The first-order valence-corrected chi connectivity index (χ1v) is 7.65. The van der Waals surface area contributed by atoms with Crippen LogP contribution in [0.15, 0.2) is 29.2 Å². The molecule has 0 saturated carbocycles. The Balaban J connectivity index is 2.27. The van der Waals surface area contributed by atoms with Gasteiger partial charge in [0.1, 0.15) is 0 Å². The maximum atomic E-state index is 11.7. The van der Waals surface area contributed by atoms with Gasteiger partial charge in [0.15, 0.2) is 9.84 Å². The van der Waals surface area contributed by atoms with Gasteiger partial charge in [-0.15, -0.1) is 0 Å². The van der Waals surface area contributed by atoms with Crippen LogP contribution >= 0.6 is 0 Å². The lowest BCUT2D eigenvalue weighted by Crippen LogP contribution is -2.46. The second kappa shape index (κ2) is 4.97. The summed E-state index contributed by atoms with van der Waals surface area (Å²) in [7, 11) is -3.23. The lowest BCUT2D eigenvalue weighted by Gasteiger charge is -2.34. The monoisotopic (exact) mass is 268 g/mol. The number of nitrogens with zero attached hydrogens (tertiary/aromatic N) is 2. The molecule has 18 heavy (non-hydrogen) atoms. The van der Waals surface area contributed by atoms with E-state index in [-0.39, 0.29) is 0 Å². The van der Waals surface area contributed by atoms with Crippen molar-refractivity contribution >= 4 is 21.9 Å². The van der Waals surface area contributed by atoms with Gasteiger partial charge in [0.05, 0.1) is 10.6 Å². The standard InChI is InChI=1S/C12H16N2O3S/c1-18(16,17)12-5-3-2-4-11(12)14-8-6-13(10-15)7-9-14/h2-5,10H,6-9H2,1H3. The van der Waals surface area contributed by atoms with Crippen molar-refractivity contribution in [2.75, 3.05) is 37.3 Å². The van der Waals surface area contributed by atoms with Crippen molar-refractivity contribution in [3.05, 3.63) is 24.3 Å². The van der Waals surface area contributed by atoms with Crippen molar-refractivity contribution in [3.8, 4) is 0 Å². The first-order valence-electron chi connectivity index (χ1n) is 5.76. The van der Waals surface area contributed by atoms with Gasteiger partial charge in [-0.25, -0.2) is 8.42 Å². The van der Waals surface area contributed by atoms with Gasteiger partial charge in [-0.05, 0) is 12.1 Å². The Morgan fingerprint density at radius 3 is 2.28 bits per heavy atom. The highest BCUT2D eigenvalue weighted by molar-refractivity contribution is 7.90. The maximum absolute atomic E-state index is 11.7. The van der Waals surface area contributed by atoms with E-state index in [0.717, 1.165) is 12.1 Å². The van der Waals surface area contributed by atoms with Crippen LogP contribution in [0.25, 0.3) is 0 Å². The molecule has 0 bridgehead atoms. The minimum Gasteiger partial charge on any atom is -0.367 e. The molecule has 0 unspecified atom stereocenters. The Kier molecular flexibility index (Phi) is 3.56. The second-order valence-electron chi connectivity index (χ2n) is 4.37. The highest BCUT2D eigenvalue weighted by Gasteiger charge is 2.21. The molecule has 6 heteroatoms. The molecule has 0 aromatic heterocycles. The van der Waals surface area contributed by atoms with E-state index in [4.69, 9.17) is 0 Å². The van der Waals surface area contributed by atoms with E-state index in [1.54, 1.807) is 17.0 Å². The third-order valence-corrected chi connectivity index (χ3v) is 4.21. The molecule has 5 nitrogen and oxygen atoms in total. The fourth-order valence-electron chi connectivity index (χ4n) is 2.10. The molecule has 1 aromatic carbocycles. The van der Waals surface area contributed by atoms with Crippen LogP contribution < -0.4 is 4.90 Å². The highest BCUT2D eigenvalue weighted by atomic mass is 32.2. The lowest BCUT2D eigenvalue weighted by molar-refractivity contribution is -0.118. The smallest absolute Gasteiger partial charge is 0.209 e. The summed E-state index contributed by atoms with van der Waals surface area (Å²) in [6, 6.07) is 6.99. The first kappa shape index (κ1) is 12.9. The zero-order chi connectivity index (χ0) is 13.2. The second-order valence-corrected chi connectivity index (χ2v) is 6.35. The number of hydrogen-bond acceptors (Lipinski definition) is 4. The molecule has 1 aliphatic rings. The third kappa shape index (κ3) is 2.64. The summed E-state index contributed by atoms with van der Waals surface area (Å²) in [5.41, 5.74) is 0.727. The number of amides is 1. The molecule has 1 heterocycles. The van der Waals surface area contributed by atoms with Gasteiger partial charge in [0, 0.05) is 32.4 Å².